The fourth-order valence-corrected chi connectivity index (χ4v) is 4.34. The summed E-state index contributed by atoms with van der Waals surface area (Å²) in [5, 5.41) is 9.27. The number of phenols is 1. The van der Waals surface area contributed by atoms with Gasteiger partial charge in [-0.2, -0.15) is 0 Å². The molecule has 1 aliphatic rings. The Kier molecular flexibility index (Phi) is 6.01. The molecule has 1 N–H and O–H groups in total. The van der Waals surface area contributed by atoms with Crippen LogP contribution in [0, 0.1) is 0 Å². The minimum atomic E-state index is -0.149. The maximum Gasteiger partial charge on any atom is 0.233 e. The molecule has 27 heavy (non-hydrogen) atoms. The van der Waals surface area contributed by atoms with E-state index < -0.39 is 0 Å². The number of carbonyl (C=O) groups is 1. The lowest BCUT2D eigenvalue weighted by molar-refractivity contribution is -0.128. The van der Waals surface area contributed by atoms with Crippen LogP contribution in [0.3, 0.4) is 0 Å². The van der Waals surface area contributed by atoms with Crippen molar-refractivity contribution in [3.05, 3.63) is 47.5 Å². The number of ether oxygens (including phenoxy) is 3. The molecule has 1 aliphatic heterocycles. The summed E-state index contributed by atoms with van der Waals surface area (Å²) in [5.41, 5.74) is 1.95. The Morgan fingerprint density at radius 3 is 2.30 bits per heavy atom. The molecule has 1 atom stereocenters. The van der Waals surface area contributed by atoms with E-state index in [2.05, 4.69) is 0 Å². The van der Waals surface area contributed by atoms with Crippen LogP contribution in [0.5, 0.6) is 23.0 Å². The van der Waals surface area contributed by atoms with Crippen molar-refractivity contribution in [1.82, 2.24) is 4.90 Å². The van der Waals surface area contributed by atoms with Crippen LogP contribution in [-0.2, 0) is 11.2 Å². The van der Waals surface area contributed by atoms with Gasteiger partial charge in [0.1, 0.15) is 16.9 Å². The summed E-state index contributed by atoms with van der Waals surface area (Å²) in [6.45, 7) is 0.582. The minimum absolute atomic E-state index is 0.0978. The second-order valence-electron chi connectivity index (χ2n) is 6.12. The molecule has 0 saturated carbocycles. The largest absolute Gasteiger partial charge is 0.508 e. The van der Waals surface area contributed by atoms with E-state index in [9.17, 15) is 9.90 Å². The van der Waals surface area contributed by atoms with Crippen molar-refractivity contribution in [3.8, 4) is 23.0 Å². The summed E-state index contributed by atoms with van der Waals surface area (Å²) in [7, 11) is 4.77. The molecule has 2 aromatic rings. The summed E-state index contributed by atoms with van der Waals surface area (Å²) in [6.07, 6.45) is 0.707. The number of methoxy groups -OCH3 is 3. The first-order chi connectivity index (χ1) is 13.1. The van der Waals surface area contributed by atoms with Crippen molar-refractivity contribution in [2.75, 3.05) is 33.6 Å². The van der Waals surface area contributed by atoms with Gasteiger partial charge in [-0.3, -0.25) is 4.79 Å². The van der Waals surface area contributed by atoms with Crippen LogP contribution in [0.2, 0.25) is 0 Å². The first kappa shape index (κ1) is 19.2. The Morgan fingerprint density at radius 1 is 1.04 bits per heavy atom. The predicted octanol–water partition coefficient (Wildman–Crippen LogP) is 3.23. The Balaban J connectivity index is 1.85. The number of hydrogen-bond acceptors (Lipinski definition) is 6. The number of carbonyl (C=O) groups excluding carboxylic acids is 1. The molecule has 1 unspecified atom stereocenters. The molecule has 1 heterocycles. The summed E-state index contributed by atoms with van der Waals surface area (Å²) >= 11 is 1.57. The Morgan fingerprint density at radius 2 is 1.67 bits per heavy atom. The number of thioether (sulfide) groups is 1. The second kappa shape index (κ2) is 8.43. The standard InChI is InChI=1S/C20H23NO5S/c1-24-16-11-18(26-3)17(25-2)10-15(16)20-21(19(23)12-27-20)9-8-13-4-6-14(22)7-5-13/h4-7,10-11,20,22H,8-9,12H2,1-3H3. The monoisotopic (exact) mass is 389 g/mol. The first-order valence-corrected chi connectivity index (χ1v) is 9.61. The fraction of sp³-hybridized carbons (Fsp3) is 0.350. The zero-order valence-corrected chi connectivity index (χ0v) is 16.4. The fourth-order valence-electron chi connectivity index (χ4n) is 3.11. The average Bonchev–Trinajstić information content (AvgIpc) is 3.06. The van der Waals surface area contributed by atoms with E-state index in [-0.39, 0.29) is 17.0 Å². The molecule has 0 aromatic heterocycles. The molecule has 0 radical (unpaired) electrons. The maximum absolute atomic E-state index is 12.5. The molecule has 144 valence electrons. The van der Waals surface area contributed by atoms with Gasteiger partial charge in [-0.15, -0.1) is 11.8 Å². The summed E-state index contributed by atoms with van der Waals surface area (Å²) in [4.78, 5) is 14.3. The van der Waals surface area contributed by atoms with Crippen molar-refractivity contribution < 1.29 is 24.1 Å². The van der Waals surface area contributed by atoms with Crippen LogP contribution >= 0.6 is 11.8 Å². The highest BCUT2D eigenvalue weighted by Crippen LogP contribution is 2.46. The lowest BCUT2D eigenvalue weighted by Crippen LogP contribution is -2.30. The van der Waals surface area contributed by atoms with E-state index in [0.717, 1.165) is 11.1 Å². The van der Waals surface area contributed by atoms with Gasteiger partial charge in [-0.05, 0) is 30.2 Å². The van der Waals surface area contributed by atoms with E-state index in [1.54, 1.807) is 51.3 Å². The van der Waals surface area contributed by atoms with Crippen LogP contribution in [-0.4, -0.2) is 49.5 Å². The van der Waals surface area contributed by atoms with E-state index in [1.807, 2.05) is 23.1 Å². The molecule has 1 fully saturated rings. The quantitative estimate of drug-likeness (QED) is 0.784. The number of aromatic hydroxyl groups is 1. The average molecular weight is 389 g/mol. The molecule has 7 heteroatoms. The minimum Gasteiger partial charge on any atom is -0.508 e. The number of hydrogen-bond donors (Lipinski definition) is 1. The molecule has 2 aromatic carbocycles. The number of amides is 1. The third-order valence-corrected chi connectivity index (χ3v) is 5.79. The number of phenolic OH excluding ortho intramolecular Hbond substituents is 1. The zero-order chi connectivity index (χ0) is 19.4. The molecule has 3 rings (SSSR count). The van der Waals surface area contributed by atoms with Crippen molar-refractivity contribution in [3.63, 3.8) is 0 Å². The normalized spacial score (nSPS) is 16.5. The highest BCUT2D eigenvalue weighted by atomic mass is 32.2. The smallest absolute Gasteiger partial charge is 0.233 e. The van der Waals surface area contributed by atoms with Gasteiger partial charge in [0.05, 0.1) is 27.1 Å². The van der Waals surface area contributed by atoms with Gasteiger partial charge in [0.15, 0.2) is 11.5 Å². The Labute approximate surface area is 163 Å². The van der Waals surface area contributed by atoms with Crippen molar-refractivity contribution in [2.45, 2.75) is 11.8 Å². The van der Waals surface area contributed by atoms with E-state index >= 15 is 0 Å². The second-order valence-corrected chi connectivity index (χ2v) is 7.18. The van der Waals surface area contributed by atoms with Crippen LogP contribution in [0.4, 0.5) is 0 Å². The lowest BCUT2D eigenvalue weighted by Gasteiger charge is -2.26. The van der Waals surface area contributed by atoms with Gasteiger partial charge >= 0.3 is 0 Å². The highest BCUT2D eigenvalue weighted by molar-refractivity contribution is 8.00. The number of rotatable bonds is 7. The molecule has 1 saturated heterocycles. The lowest BCUT2D eigenvalue weighted by atomic mass is 10.1. The van der Waals surface area contributed by atoms with Gasteiger partial charge in [-0.25, -0.2) is 0 Å². The first-order valence-electron chi connectivity index (χ1n) is 8.56. The summed E-state index contributed by atoms with van der Waals surface area (Å²) < 4.78 is 16.3. The third-order valence-electron chi connectivity index (χ3n) is 4.55. The number of nitrogens with zero attached hydrogens (tertiary/aromatic N) is 1. The molecular formula is C20H23NO5S. The van der Waals surface area contributed by atoms with Gasteiger partial charge in [-0.1, -0.05) is 12.1 Å². The predicted molar refractivity (Wildman–Crippen MR) is 105 cm³/mol. The van der Waals surface area contributed by atoms with Crippen molar-refractivity contribution in [2.24, 2.45) is 0 Å². The maximum atomic E-state index is 12.5. The van der Waals surface area contributed by atoms with E-state index in [4.69, 9.17) is 14.2 Å². The van der Waals surface area contributed by atoms with Crippen LogP contribution in [0.25, 0.3) is 0 Å². The van der Waals surface area contributed by atoms with Gasteiger partial charge < -0.3 is 24.2 Å². The van der Waals surface area contributed by atoms with Gasteiger partial charge in [0.2, 0.25) is 5.91 Å². The Hall–Kier alpha value is -2.54. The molecule has 1 amide bonds. The molecule has 6 nitrogen and oxygen atoms in total. The van der Waals surface area contributed by atoms with E-state index in [1.165, 1.54) is 0 Å². The van der Waals surface area contributed by atoms with Crippen molar-refractivity contribution >= 4 is 17.7 Å². The molecule has 0 bridgehead atoms. The molecule has 0 spiro atoms. The Bertz CT molecular complexity index is 809. The van der Waals surface area contributed by atoms with Crippen LogP contribution < -0.4 is 14.2 Å². The highest BCUT2D eigenvalue weighted by Gasteiger charge is 2.35. The summed E-state index contributed by atoms with van der Waals surface area (Å²) in [6, 6.07) is 10.7. The summed E-state index contributed by atoms with van der Waals surface area (Å²) in [5.74, 6) is 2.61. The zero-order valence-electron chi connectivity index (χ0n) is 15.6. The molecular weight excluding hydrogens is 366 g/mol. The SMILES string of the molecule is COc1cc(OC)c(C2SCC(=O)N2CCc2ccc(O)cc2)cc1OC. The molecule has 0 aliphatic carbocycles. The topological polar surface area (TPSA) is 68.2 Å². The van der Waals surface area contributed by atoms with Crippen molar-refractivity contribution in [1.29, 1.82) is 0 Å². The van der Waals surface area contributed by atoms with Crippen LogP contribution in [0.15, 0.2) is 36.4 Å². The van der Waals surface area contributed by atoms with Crippen LogP contribution in [0.1, 0.15) is 16.5 Å². The van der Waals surface area contributed by atoms with E-state index in [0.29, 0.717) is 36.0 Å². The van der Waals surface area contributed by atoms with Gasteiger partial charge in [0.25, 0.3) is 0 Å². The number of benzene rings is 2. The third kappa shape index (κ3) is 4.08. The van der Waals surface area contributed by atoms with Gasteiger partial charge in [0, 0.05) is 18.2 Å².